The molecule has 0 radical (unpaired) electrons. The summed E-state index contributed by atoms with van der Waals surface area (Å²) in [5, 5.41) is 0. The van der Waals surface area contributed by atoms with Gasteiger partial charge in [-0.3, -0.25) is 19.1 Å². The molecular weight excluding hydrogens is 408 g/mol. The number of anilines is 1. The van der Waals surface area contributed by atoms with Gasteiger partial charge in [0.1, 0.15) is 0 Å². The molecule has 1 fully saturated rings. The summed E-state index contributed by atoms with van der Waals surface area (Å²) in [6.07, 6.45) is 3.87. The lowest BCUT2D eigenvalue weighted by Crippen LogP contribution is -2.44. The SMILES string of the molecule is CC(C)=CCn1c(N2CCCC(N)C2)nc2[nH]c(=O)n(CC(=O)c3ccccc3)c(=O)c21. The maximum atomic E-state index is 13.4. The van der Waals surface area contributed by atoms with Crippen molar-refractivity contribution >= 4 is 22.9 Å². The number of benzene rings is 1. The lowest BCUT2D eigenvalue weighted by atomic mass is 10.1. The summed E-state index contributed by atoms with van der Waals surface area (Å²) in [5.74, 6) is 0.294. The van der Waals surface area contributed by atoms with Crippen LogP contribution in [-0.2, 0) is 13.1 Å². The molecular formula is C23H28N6O3. The standard InChI is InChI=1S/C23H28N6O3/c1-15(2)10-12-28-19-20(25-22(28)27-11-6-9-17(24)13-27)26-23(32)29(21(19)31)14-18(30)16-7-4-3-5-8-16/h3-5,7-8,10,17H,6,9,11-14,24H2,1-2H3,(H,26,32). The number of nitrogens with zero attached hydrogens (tertiary/aromatic N) is 4. The van der Waals surface area contributed by atoms with E-state index in [2.05, 4.69) is 14.9 Å². The summed E-state index contributed by atoms with van der Waals surface area (Å²) >= 11 is 0. The van der Waals surface area contributed by atoms with E-state index >= 15 is 0 Å². The van der Waals surface area contributed by atoms with Crippen molar-refractivity contribution < 1.29 is 4.79 Å². The minimum atomic E-state index is -0.652. The van der Waals surface area contributed by atoms with Crippen molar-refractivity contribution in [2.24, 2.45) is 5.73 Å². The monoisotopic (exact) mass is 436 g/mol. The summed E-state index contributed by atoms with van der Waals surface area (Å²) in [5.41, 5.74) is 7.02. The van der Waals surface area contributed by atoms with Crippen LogP contribution < -0.4 is 21.9 Å². The molecule has 1 atom stereocenters. The van der Waals surface area contributed by atoms with Gasteiger partial charge in [0.25, 0.3) is 5.56 Å². The molecule has 1 saturated heterocycles. The molecule has 32 heavy (non-hydrogen) atoms. The van der Waals surface area contributed by atoms with E-state index in [1.165, 1.54) is 0 Å². The molecule has 3 heterocycles. The lowest BCUT2D eigenvalue weighted by Gasteiger charge is -2.31. The van der Waals surface area contributed by atoms with E-state index in [0.717, 1.165) is 29.5 Å². The smallest absolute Gasteiger partial charge is 0.330 e. The second-order valence-electron chi connectivity index (χ2n) is 8.46. The molecule has 9 heteroatoms. The number of nitrogens with one attached hydrogen (secondary N) is 1. The van der Waals surface area contributed by atoms with E-state index in [0.29, 0.717) is 24.6 Å². The van der Waals surface area contributed by atoms with Gasteiger partial charge in [0.05, 0.1) is 6.54 Å². The van der Waals surface area contributed by atoms with E-state index in [4.69, 9.17) is 5.73 Å². The molecule has 3 aromatic rings. The molecule has 1 aromatic carbocycles. The fourth-order valence-electron chi connectivity index (χ4n) is 4.02. The first kappa shape index (κ1) is 21.8. The van der Waals surface area contributed by atoms with Crippen molar-refractivity contribution in [1.29, 1.82) is 0 Å². The lowest BCUT2D eigenvalue weighted by molar-refractivity contribution is 0.0969. The van der Waals surface area contributed by atoms with Gasteiger partial charge < -0.3 is 15.2 Å². The zero-order valence-electron chi connectivity index (χ0n) is 18.4. The van der Waals surface area contributed by atoms with Crippen LogP contribution in [0.4, 0.5) is 5.95 Å². The molecule has 2 aromatic heterocycles. The number of Topliss-reactive ketones (excluding diaryl/α,β-unsaturated/α-hetero) is 1. The van der Waals surface area contributed by atoms with Crippen LogP contribution in [0.5, 0.6) is 0 Å². The van der Waals surface area contributed by atoms with E-state index in [-0.39, 0.29) is 29.5 Å². The topological polar surface area (TPSA) is 119 Å². The molecule has 0 spiro atoms. The van der Waals surface area contributed by atoms with Crippen LogP contribution in [0.1, 0.15) is 37.0 Å². The number of fused-ring (bicyclic) bond motifs is 1. The van der Waals surface area contributed by atoms with Gasteiger partial charge >= 0.3 is 5.69 Å². The fraction of sp³-hybridized carbons (Fsp3) is 0.391. The highest BCUT2D eigenvalue weighted by Gasteiger charge is 2.25. The number of aromatic amines is 1. The molecule has 168 valence electrons. The van der Waals surface area contributed by atoms with Crippen LogP contribution in [0.15, 0.2) is 51.6 Å². The number of nitrogens with two attached hydrogens (primary N) is 1. The van der Waals surface area contributed by atoms with Gasteiger partial charge in [-0.25, -0.2) is 4.79 Å². The molecule has 1 aliphatic heterocycles. The highest BCUT2D eigenvalue weighted by molar-refractivity contribution is 5.95. The Morgan fingerprint density at radius 2 is 1.97 bits per heavy atom. The Hall–Kier alpha value is -3.46. The van der Waals surface area contributed by atoms with Gasteiger partial charge in [-0.1, -0.05) is 42.0 Å². The first-order valence-electron chi connectivity index (χ1n) is 10.8. The number of hydrogen-bond acceptors (Lipinski definition) is 6. The fourth-order valence-corrected chi connectivity index (χ4v) is 4.02. The minimum Gasteiger partial charge on any atom is -0.341 e. The van der Waals surface area contributed by atoms with Gasteiger partial charge in [-0.15, -0.1) is 0 Å². The van der Waals surface area contributed by atoms with Crippen LogP contribution in [0.3, 0.4) is 0 Å². The van der Waals surface area contributed by atoms with Crippen molar-refractivity contribution in [2.45, 2.75) is 45.8 Å². The Bertz CT molecular complexity index is 1280. The molecule has 0 bridgehead atoms. The van der Waals surface area contributed by atoms with E-state index in [1.54, 1.807) is 30.3 Å². The molecule has 0 saturated carbocycles. The van der Waals surface area contributed by atoms with Crippen molar-refractivity contribution in [1.82, 2.24) is 19.1 Å². The molecule has 4 rings (SSSR count). The Balaban J connectivity index is 1.83. The zero-order chi connectivity index (χ0) is 22.8. The third kappa shape index (κ3) is 4.29. The van der Waals surface area contributed by atoms with E-state index in [9.17, 15) is 14.4 Å². The summed E-state index contributed by atoms with van der Waals surface area (Å²) < 4.78 is 2.76. The highest BCUT2D eigenvalue weighted by Crippen LogP contribution is 2.22. The number of carbonyl (C=O) groups is 1. The van der Waals surface area contributed by atoms with Gasteiger partial charge in [0.2, 0.25) is 5.95 Å². The number of carbonyl (C=O) groups excluding carboxylic acids is 1. The molecule has 0 amide bonds. The number of piperidine rings is 1. The Morgan fingerprint density at radius 3 is 2.66 bits per heavy atom. The van der Waals surface area contributed by atoms with Gasteiger partial charge in [0, 0.05) is 31.2 Å². The van der Waals surface area contributed by atoms with Gasteiger partial charge in [-0.05, 0) is 26.7 Å². The number of aromatic nitrogens is 4. The second-order valence-corrected chi connectivity index (χ2v) is 8.46. The normalized spacial score (nSPS) is 16.3. The van der Waals surface area contributed by atoms with Crippen LogP contribution in [0.25, 0.3) is 11.2 Å². The summed E-state index contributed by atoms with van der Waals surface area (Å²) in [4.78, 5) is 48.1. The first-order valence-corrected chi connectivity index (χ1v) is 10.8. The van der Waals surface area contributed by atoms with Crippen molar-refractivity contribution in [3.8, 4) is 0 Å². The van der Waals surface area contributed by atoms with E-state index in [1.807, 2.05) is 24.5 Å². The number of H-pyrrole nitrogens is 1. The Labute approximate surface area is 185 Å². The average Bonchev–Trinajstić information content (AvgIpc) is 3.14. The first-order chi connectivity index (χ1) is 15.3. The maximum absolute atomic E-state index is 13.4. The van der Waals surface area contributed by atoms with Crippen molar-refractivity contribution in [2.75, 3.05) is 18.0 Å². The van der Waals surface area contributed by atoms with E-state index < -0.39 is 11.2 Å². The van der Waals surface area contributed by atoms with Gasteiger partial charge in [-0.2, -0.15) is 4.98 Å². The number of hydrogen-bond donors (Lipinski definition) is 2. The highest BCUT2D eigenvalue weighted by atomic mass is 16.2. The zero-order valence-corrected chi connectivity index (χ0v) is 18.4. The molecule has 3 N–H and O–H groups in total. The minimum absolute atomic E-state index is 0.0275. The number of allylic oxidation sites excluding steroid dienone is 2. The number of imidazole rings is 1. The quantitative estimate of drug-likeness (QED) is 0.448. The average molecular weight is 437 g/mol. The Kier molecular flexibility index (Phi) is 6.09. The Morgan fingerprint density at radius 1 is 1.22 bits per heavy atom. The predicted octanol–water partition coefficient (Wildman–Crippen LogP) is 1.66. The van der Waals surface area contributed by atoms with Crippen LogP contribution in [-0.4, -0.2) is 44.0 Å². The van der Waals surface area contributed by atoms with Crippen LogP contribution >= 0.6 is 0 Å². The predicted molar refractivity (Wildman–Crippen MR) is 124 cm³/mol. The third-order valence-electron chi connectivity index (χ3n) is 5.69. The largest absolute Gasteiger partial charge is 0.341 e. The van der Waals surface area contributed by atoms with Crippen LogP contribution in [0, 0.1) is 0 Å². The van der Waals surface area contributed by atoms with Gasteiger partial charge in [0.15, 0.2) is 16.9 Å². The maximum Gasteiger partial charge on any atom is 0.330 e. The second kappa shape index (κ2) is 8.96. The summed E-state index contributed by atoms with van der Waals surface area (Å²) in [7, 11) is 0. The number of rotatable bonds is 6. The molecule has 1 unspecified atom stereocenters. The van der Waals surface area contributed by atoms with Crippen molar-refractivity contribution in [3.63, 3.8) is 0 Å². The van der Waals surface area contributed by atoms with Crippen LogP contribution in [0.2, 0.25) is 0 Å². The molecule has 9 nitrogen and oxygen atoms in total. The number of ketones is 1. The molecule has 1 aliphatic rings. The summed E-state index contributed by atoms with van der Waals surface area (Å²) in [6.45, 7) is 5.45. The summed E-state index contributed by atoms with van der Waals surface area (Å²) in [6, 6.07) is 8.64. The van der Waals surface area contributed by atoms with Crippen molar-refractivity contribution in [3.05, 3.63) is 68.4 Å². The third-order valence-corrected chi connectivity index (χ3v) is 5.69. The molecule has 0 aliphatic carbocycles.